The first-order valence-corrected chi connectivity index (χ1v) is 3.14. The van der Waals surface area contributed by atoms with Crippen molar-refractivity contribution in [1.29, 1.82) is 0 Å². The van der Waals surface area contributed by atoms with Gasteiger partial charge in [-0.2, -0.15) is 0 Å². The third-order valence-electron chi connectivity index (χ3n) is 0.498. The number of rotatable bonds is 1. The summed E-state index contributed by atoms with van der Waals surface area (Å²) < 4.78 is 0. The lowest BCUT2D eigenvalue weighted by Crippen LogP contribution is -1.80. The Hall–Kier alpha value is -0.900. The van der Waals surface area contributed by atoms with E-state index in [1.165, 1.54) is 0 Å². The number of aliphatic carboxylic acids is 1. The molecule has 0 aromatic heterocycles. The first-order chi connectivity index (χ1) is 5.00. The molecule has 11 heavy (non-hydrogen) atoms. The molecule has 0 saturated heterocycles. The summed E-state index contributed by atoms with van der Waals surface area (Å²) in [7, 11) is 1.00. The average molecular weight is 164 g/mol. The summed E-state index contributed by atoms with van der Waals surface area (Å²) in [6, 6.07) is 0. The fourth-order valence-electron chi connectivity index (χ4n) is 0. The fourth-order valence-corrected chi connectivity index (χ4v) is 0. The van der Waals surface area contributed by atoms with Crippen molar-refractivity contribution in [1.82, 2.24) is 0 Å². The lowest BCUT2D eigenvalue weighted by atomic mass is 10.4. The van der Waals surface area contributed by atoms with E-state index in [1.807, 2.05) is 6.92 Å². The monoisotopic (exact) mass is 164 g/mol. The van der Waals surface area contributed by atoms with Crippen LogP contribution in [0.1, 0.15) is 27.2 Å². The number of carbonyl (C=O) groups is 2. The van der Waals surface area contributed by atoms with E-state index in [1.54, 1.807) is 6.92 Å². The molecule has 2 N–H and O–H groups in total. The minimum atomic E-state index is -0.833. The molecule has 0 rings (SSSR count). The van der Waals surface area contributed by atoms with Crippen molar-refractivity contribution in [3.8, 4) is 0 Å². The Kier molecular flexibility index (Phi) is 24.2. The van der Waals surface area contributed by atoms with Gasteiger partial charge in [-0.3, -0.25) is 4.79 Å². The van der Waals surface area contributed by atoms with Crippen LogP contribution in [0.2, 0.25) is 0 Å². The molecule has 0 spiro atoms. The second-order valence-corrected chi connectivity index (χ2v) is 1.57. The van der Waals surface area contributed by atoms with Gasteiger partial charge in [0.15, 0.2) is 0 Å². The number of aliphatic hydroxyl groups is 1. The Morgan fingerprint density at radius 1 is 1.18 bits per heavy atom. The largest absolute Gasteiger partial charge is 0.481 e. The van der Waals surface area contributed by atoms with Crippen LogP contribution < -0.4 is 0 Å². The SMILES string of the molecule is CC(=O)O.CCC(C)=O.CO. The maximum atomic E-state index is 9.81. The fraction of sp³-hybridized carbons (Fsp3) is 0.714. The lowest BCUT2D eigenvalue weighted by Gasteiger charge is -1.71. The molecule has 0 aromatic carbocycles. The first-order valence-electron chi connectivity index (χ1n) is 3.14. The van der Waals surface area contributed by atoms with Crippen molar-refractivity contribution in [2.75, 3.05) is 7.11 Å². The summed E-state index contributed by atoms with van der Waals surface area (Å²) in [6.07, 6.45) is 0.667. The third kappa shape index (κ3) is 379. The van der Waals surface area contributed by atoms with Crippen LogP contribution in [-0.2, 0) is 9.59 Å². The van der Waals surface area contributed by atoms with Crippen LogP contribution in [0.5, 0.6) is 0 Å². The normalized spacial score (nSPS) is 6.27. The van der Waals surface area contributed by atoms with Crippen LogP contribution in [-0.4, -0.2) is 29.1 Å². The van der Waals surface area contributed by atoms with Crippen LogP contribution in [0.4, 0.5) is 0 Å². The molecule has 0 radical (unpaired) electrons. The van der Waals surface area contributed by atoms with Gasteiger partial charge in [0, 0.05) is 20.5 Å². The molecule has 0 amide bonds. The van der Waals surface area contributed by atoms with E-state index in [0.29, 0.717) is 6.42 Å². The molecule has 0 atom stereocenters. The minimum Gasteiger partial charge on any atom is -0.481 e. The highest BCUT2D eigenvalue weighted by atomic mass is 16.4. The number of hydrogen-bond acceptors (Lipinski definition) is 3. The zero-order valence-corrected chi connectivity index (χ0v) is 7.42. The number of hydrogen-bond donors (Lipinski definition) is 2. The zero-order valence-electron chi connectivity index (χ0n) is 7.42. The highest BCUT2D eigenvalue weighted by Crippen LogP contribution is 1.71. The summed E-state index contributed by atoms with van der Waals surface area (Å²) in [5.74, 6) is -0.579. The predicted octanol–water partition coefficient (Wildman–Crippen LogP) is 0.685. The van der Waals surface area contributed by atoms with E-state index in [0.717, 1.165) is 14.0 Å². The van der Waals surface area contributed by atoms with Crippen molar-refractivity contribution < 1.29 is 19.8 Å². The standard InChI is InChI=1S/C4H8O.C2H4O2.CH4O/c1-3-4(2)5;1-2(3)4;1-2/h3H2,1-2H3;1H3,(H,3,4);2H,1H3. The maximum Gasteiger partial charge on any atom is 0.300 e. The summed E-state index contributed by atoms with van der Waals surface area (Å²) in [4.78, 5) is 18.8. The van der Waals surface area contributed by atoms with E-state index < -0.39 is 5.97 Å². The van der Waals surface area contributed by atoms with Crippen LogP contribution in [0.15, 0.2) is 0 Å². The molecule has 0 aromatic rings. The number of carbonyl (C=O) groups excluding carboxylic acids is 1. The average Bonchev–Trinajstić information content (AvgIpc) is 1.91. The molecule has 4 nitrogen and oxygen atoms in total. The first kappa shape index (κ1) is 16.6. The Labute approximate surface area is 66.9 Å². The van der Waals surface area contributed by atoms with Crippen molar-refractivity contribution >= 4 is 11.8 Å². The van der Waals surface area contributed by atoms with Gasteiger partial charge >= 0.3 is 0 Å². The van der Waals surface area contributed by atoms with Gasteiger partial charge in [-0.25, -0.2) is 0 Å². The van der Waals surface area contributed by atoms with Gasteiger partial charge < -0.3 is 15.0 Å². The van der Waals surface area contributed by atoms with Crippen molar-refractivity contribution in [2.24, 2.45) is 0 Å². The Morgan fingerprint density at radius 2 is 1.27 bits per heavy atom. The van der Waals surface area contributed by atoms with Crippen LogP contribution in [0.25, 0.3) is 0 Å². The van der Waals surface area contributed by atoms with Gasteiger partial charge in [0.25, 0.3) is 5.97 Å². The molecule has 0 fully saturated rings. The molecule has 4 heteroatoms. The third-order valence-corrected chi connectivity index (χ3v) is 0.498. The molecule has 0 heterocycles. The summed E-state index contributed by atoms with van der Waals surface area (Å²) in [5, 5.41) is 14.4. The smallest absolute Gasteiger partial charge is 0.300 e. The molecule has 0 aliphatic rings. The molecule has 0 bridgehead atoms. The second kappa shape index (κ2) is 16.0. The van der Waals surface area contributed by atoms with E-state index >= 15 is 0 Å². The molecule has 68 valence electrons. The lowest BCUT2D eigenvalue weighted by molar-refractivity contribution is -0.134. The van der Waals surface area contributed by atoms with Crippen molar-refractivity contribution in [3.63, 3.8) is 0 Å². The second-order valence-electron chi connectivity index (χ2n) is 1.57. The minimum absolute atomic E-state index is 0.255. The molecule has 0 saturated carbocycles. The van der Waals surface area contributed by atoms with Crippen LogP contribution in [0, 0.1) is 0 Å². The summed E-state index contributed by atoms with van der Waals surface area (Å²) in [6.45, 7) is 4.52. The van der Waals surface area contributed by atoms with E-state index in [2.05, 4.69) is 0 Å². The molecular formula is C7H16O4. The van der Waals surface area contributed by atoms with E-state index in [-0.39, 0.29) is 5.78 Å². The number of aliphatic hydroxyl groups excluding tert-OH is 1. The van der Waals surface area contributed by atoms with Gasteiger partial charge in [-0.15, -0.1) is 0 Å². The van der Waals surface area contributed by atoms with Crippen molar-refractivity contribution in [2.45, 2.75) is 27.2 Å². The number of carboxylic acids is 1. The van der Waals surface area contributed by atoms with Gasteiger partial charge in [0.2, 0.25) is 0 Å². The van der Waals surface area contributed by atoms with Gasteiger partial charge in [0.05, 0.1) is 0 Å². The van der Waals surface area contributed by atoms with Crippen LogP contribution >= 0.6 is 0 Å². The zero-order chi connectivity index (χ0) is 9.86. The van der Waals surface area contributed by atoms with Gasteiger partial charge in [-0.1, -0.05) is 6.92 Å². The number of Topliss-reactive ketones (excluding diaryl/α,β-unsaturated/α-hetero) is 1. The van der Waals surface area contributed by atoms with Gasteiger partial charge in [0.1, 0.15) is 5.78 Å². The Morgan fingerprint density at radius 3 is 1.27 bits per heavy atom. The number of ketones is 1. The van der Waals surface area contributed by atoms with Crippen LogP contribution in [0.3, 0.4) is 0 Å². The predicted molar refractivity (Wildman–Crippen MR) is 42.4 cm³/mol. The van der Waals surface area contributed by atoms with Gasteiger partial charge in [-0.05, 0) is 6.92 Å². The summed E-state index contributed by atoms with van der Waals surface area (Å²) in [5.41, 5.74) is 0. The van der Waals surface area contributed by atoms with E-state index in [4.69, 9.17) is 15.0 Å². The number of carboxylic acid groups (broad SMARTS) is 1. The highest BCUT2D eigenvalue weighted by molar-refractivity contribution is 5.74. The maximum absolute atomic E-state index is 9.81. The Bertz CT molecular complexity index is 94.6. The molecule has 0 aliphatic heterocycles. The Balaban J connectivity index is -0.0000000965. The summed E-state index contributed by atoms with van der Waals surface area (Å²) >= 11 is 0. The molecule has 0 unspecified atom stereocenters. The van der Waals surface area contributed by atoms with E-state index in [9.17, 15) is 4.79 Å². The van der Waals surface area contributed by atoms with Crippen molar-refractivity contribution in [3.05, 3.63) is 0 Å². The quantitative estimate of drug-likeness (QED) is 0.597. The molecule has 0 aliphatic carbocycles. The highest BCUT2D eigenvalue weighted by Gasteiger charge is 1.76. The molecular weight excluding hydrogens is 148 g/mol. The topological polar surface area (TPSA) is 74.6 Å².